The summed E-state index contributed by atoms with van der Waals surface area (Å²) in [6.45, 7) is 2.65. The molecule has 0 unspecified atom stereocenters. The highest BCUT2D eigenvalue weighted by Crippen LogP contribution is 2.31. The molecular weight excluding hydrogens is 140 g/mol. The molecule has 1 fully saturated rings. The average molecular weight is 156 g/mol. The van der Waals surface area contributed by atoms with E-state index >= 15 is 0 Å². The maximum atomic E-state index is 8.51. The summed E-state index contributed by atoms with van der Waals surface area (Å²) in [7, 11) is 0. The first-order valence-electron chi connectivity index (χ1n) is 4.23. The van der Waals surface area contributed by atoms with Gasteiger partial charge in [0.15, 0.2) is 0 Å². The summed E-state index contributed by atoms with van der Waals surface area (Å²) >= 11 is 0. The summed E-state index contributed by atoms with van der Waals surface area (Å²) in [6, 6.07) is 0. The van der Waals surface area contributed by atoms with Crippen molar-refractivity contribution in [3.8, 4) is 0 Å². The fourth-order valence-electron chi connectivity index (χ4n) is 1.37. The standard InChI is InChI=1S/C9H16O2/c1-2-3-8-4-5-9(8)11-7-6-10/h2-3,8-10H,4-7H2,1H3/b3-2+/t8-,9+/m1/s1. The van der Waals surface area contributed by atoms with Crippen LogP contribution in [0.5, 0.6) is 0 Å². The van der Waals surface area contributed by atoms with Crippen molar-refractivity contribution >= 4 is 0 Å². The molecule has 0 heterocycles. The second-order valence-corrected chi connectivity index (χ2v) is 2.90. The highest BCUT2D eigenvalue weighted by atomic mass is 16.5. The quantitative estimate of drug-likeness (QED) is 0.622. The molecule has 1 aliphatic carbocycles. The van der Waals surface area contributed by atoms with Crippen molar-refractivity contribution in [3.63, 3.8) is 0 Å². The van der Waals surface area contributed by atoms with Gasteiger partial charge in [0.05, 0.1) is 19.3 Å². The predicted molar refractivity (Wildman–Crippen MR) is 44.4 cm³/mol. The fraction of sp³-hybridized carbons (Fsp3) is 0.778. The number of aliphatic hydroxyl groups excluding tert-OH is 1. The van der Waals surface area contributed by atoms with E-state index in [0.29, 0.717) is 18.6 Å². The lowest BCUT2D eigenvalue weighted by Gasteiger charge is -2.34. The Kier molecular flexibility index (Phi) is 3.60. The van der Waals surface area contributed by atoms with E-state index in [4.69, 9.17) is 9.84 Å². The number of ether oxygens (including phenoxy) is 1. The van der Waals surface area contributed by atoms with Gasteiger partial charge in [0, 0.05) is 5.92 Å². The molecule has 0 bridgehead atoms. The van der Waals surface area contributed by atoms with Gasteiger partial charge >= 0.3 is 0 Å². The summed E-state index contributed by atoms with van der Waals surface area (Å²) < 4.78 is 5.39. The Morgan fingerprint density at radius 1 is 1.55 bits per heavy atom. The van der Waals surface area contributed by atoms with E-state index in [2.05, 4.69) is 12.2 Å². The van der Waals surface area contributed by atoms with Crippen LogP contribution in [-0.2, 0) is 4.74 Å². The molecule has 0 spiro atoms. The minimum Gasteiger partial charge on any atom is -0.394 e. The van der Waals surface area contributed by atoms with E-state index in [1.165, 1.54) is 6.42 Å². The molecule has 0 aromatic rings. The highest BCUT2D eigenvalue weighted by molar-refractivity contribution is 4.96. The summed E-state index contributed by atoms with van der Waals surface area (Å²) in [5.74, 6) is 0.603. The number of aliphatic hydroxyl groups is 1. The van der Waals surface area contributed by atoms with E-state index in [0.717, 1.165) is 6.42 Å². The fourth-order valence-corrected chi connectivity index (χ4v) is 1.37. The van der Waals surface area contributed by atoms with Gasteiger partial charge in [-0.05, 0) is 19.8 Å². The predicted octanol–water partition coefficient (Wildman–Crippen LogP) is 1.35. The van der Waals surface area contributed by atoms with Gasteiger partial charge in [-0.25, -0.2) is 0 Å². The number of hydrogen-bond acceptors (Lipinski definition) is 2. The monoisotopic (exact) mass is 156 g/mol. The van der Waals surface area contributed by atoms with Crippen LogP contribution in [0, 0.1) is 5.92 Å². The Morgan fingerprint density at radius 3 is 2.82 bits per heavy atom. The maximum Gasteiger partial charge on any atom is 0.0701 e. The molecule has 0 aliphatic heterocycles. The Hall–Kier alpha value is -0.340. The van der Waals surface area contributed by atoms with E-state index < -0.39 is 0 Å². The maximum absolute atomic E-state index is 8.51. The molecule has 11 heavy (non-hydrogen) atoms. The van der Waals surface area contributed by atoms with Crippen LogP contribution in [0.1, 0.15) is 19.8 Å². The molecule has 0 aromatic heterocycles. The van der Waals surface area contributed by atoms with Crippen molar-refractivity contribution < 1.29 is 9.84 Å². The minimum absolute atomic E-state index is 0.138. The van der Waals surface area contributed by atoms with Gasteiger partial charge in [-0.3, -0.25) is 0 Å². The molecular formula is C9H16O2. The van der Waals surface area contributed by atoms with Crippen LogP contribution < -0.4 is 0 Å². The summed E-state index contributed by atoms with van der Waals surface area (Å²) in [5.41, 5.74) is 0. The van der Waals surface area contributed by atoms with Crippen LogP contribution in [0.3, 0.4) is 0 Å². The summed E-state index contributed by atoms with van der Waals surface area (Å²) in [6.07, 6.45) is 7.01. The van der Waals surface area contributed by atoms with Crippen LogP contribution >= 0.6 is 0 Å². The van der Waals surface area contributed by atoms with Crippen LogP contribution in [0.25, 0.3) is 0 Å². The first-order chi connectivity index (χ1) is 5.38. The third kappa shape index (κ3) is 2.31. The first kappa shape index (κ1) is 8.75. The molecule has 2 nitrogen and oxygen atoms in total. The lowest BCUT2D eigenvalue weighted by molar-refractivity contribution is -0.0411. The van der Waals surface area contributed by atoms with Crippen LogP contribution in [0.15, 0.2) is 12.2 Å². The topological polar surface area (TPSA) is 29.5 Å². The van der Waals surface area contributed by atoms with Gasteiger partial charge in [0.1, 0.15) is 0 Å². The molecule has 2 atom stereocenters. The smallest absolute Gasteiger partial charge is 0.0701 e. The zero-order valence-corrected chi connectivity index (χ0v) is 6.99. The van der Waals surface area contributed by atoms with Gasteiger partial charge in [-0.2, -0.15) is 0 Å². The third-order valence-corrected chi connectivity index (χ3v) is 2.12. The second-order valence-electron chi connectivity index (χ2n) is 2.90. The average Bonchev–Trinajstić information content (AvgIpc) is 1.99. The van der Waals surface area contributed by atoms with Crippen LogP contribution in [-0.4, -0.2) is 24.4 Å². The Morgan fingerprint density at radius 2 is 2.36 bits per heavy atom. The Bertz CT molecular complexity index is 132. The van der Waals surface area contributed by atoms with Crippen LogP contribution in [0.2, 0.25) is 0 Å². The van der Waals surface area contributed by atoms with Crippen molar-refractivity contribution in [1.82, 2.24) is 0 Å². The molecule has 0 amide bonds. The minimum atomic E-state index is 0.138. The normalized spacial score (nSPS) is 30.7. The molecule has 1 N–H and O–H groups in total. The number of rotatable bonds is 4. The van der Waals surface area contributed by atoms with E-state index in [-0.39, 0.29) is 6.61 Å². The summed E-state index contributed by atoms with van der Waals surface area (Å²) in [5, 5.41) is 8.51. The molecule has 0 saturated heterocycles. The molecule has 1 rings (SSSR count). The first-order valence-corrected chi connectivity index (χ1v) is 4.23. The summed E-state index contributed by atoms with van der Waals surface area (Å²) in [4.78, 5) is 0. The van der Waals surface area contributed by atoms with Crippen molar-refractivity contribution in [2.24, 2.45) is 5.92 Å². The van der Waals surface area contributed by atoms with Gasteiger partial charge in [0.2, 0.25) is 0 Å². The van der Waals surface area contributed by atoms with Crippen molar-refractivity contribution in [2.75, 3.05) is 13.2 Å². The van der Waals surface area contributed by atoms with Crippen molar-refractivity contribution in [3.05, 3.63) is 12.2 Å². The molecule has 0 aromatic carbocycles. The lowest BCUT2D eigenvalue weighted by atomic mass is 9.81. The zero-order chi connectivity index (χ0) is 8.10. The van der Waals surface area contributed by atoms with E-state index in [1.807, 2.05) is 6.92 Å². The third-order valence-electron chi connectivity index (χ3n) is 2.12. The zero-order valence-electron chi connectivity index (χ0n) is 6.99. The SMILES string of the molecule is C/C=C/[C@@H]1CC[C@@H]1OCCO. The van der Waals surface area contributed by atoms with E-state index in [9.17, 15) is 0 Å². The lowest BCUT2D eigenvalue weighted by Crippen LogP contribution is -2.33. The van der Waals surface area contributed by atoms with Gasteiger partial charge in [0.25, 0.3) is 0 Å². The van der Waals surface area contributed by atoms with Crippen molar-refractivity contribution in [1.29, 1.82) is 0 Å². The van der Waals surface area contributed by atoms with Crippen molar-refractivity contribution in [2.45, 2.75) is 25.9 Å². The molecule has 1 aliphatic rings. The second kappa shape index (κ2) is 4.52. The highest BCUT2D eigenvalue weighted by Gasteiger charge is 2.28. The Balaban J connectivity index is 2.15. The van der Waals surface area contributed by atoms with Gasteiger partial charge in [-0.1, -0.05) is 12.2 Å². The molecule has 1 saturated carbocycles. The van der Waals surface area contributed by atoms with Gasteiger partial charge < -0.3 is 9.84 Å². The Labute approximate surface area is 67.9 Å². The molecule has 2 heteroatoms. The molecule has 0 radical (unpaired) electrons. The number of allylic oxidation sites excluding steroid dienone is 1. The van der Waals surface area contributed by atoms with Crippen LogP contribution in [0.4, 0.5) is 0 Å². The largest absolute Gasteiger partial charge is 0.394 e. The van der Waals surface area contributed by atoms with E-state index in [1.54, 1.807) is 0 Å². The van der Waals surface area contributed by atoms with Gasteiger partial charge in [-0.15, -0.1) is 0 Å². The molecule has 64 valence electrons. The number of hydrogen-bond donors (Lipinski definition) is 1.